The summed E-state index contributed by atoms with van der Waals surface area (Å²) in [6.07, 6.45) is 0. The molecule has 13 nitrogen and oxygen atoms in total. The molecule has 0 atom stereocenters. The van der Waals surface area contributed by atoms with Crippen molar-refractivity contribution in [3.63, 3.8) is 0 Å². The summed E-state index contributed by atoms with van der Waals surface area (Å²) in [6.45, 7) is 0. The molecule has 0 spiro atoms. The first-order chi connectivity index (χ1) is 7.89. The average Bonchev–Trinajstić information content (AvgIpc) is 1.92. The number of hydrogen-bond acceptors (Lipinski definition) is 9. The fourth-order valence-electron chi connectivity index (χ4n) is 0.566. The third-order valence-electron chi connectivity index (χ3n) is 0.900. The Bertz CT molecular complexity index is 431. The summed E-state index contributed by atoms with van der Waals surface area (Å²) in [7, 11) is -10.1. The molecule has 0 bridgehead atoms. The minimum atomic E-state index is -5.05. The molecule has 10 N–H and O–H groups in total. The first kappa shape index (κ1) is 21.0. The van der Waals surface area contributed by atoms with Gasteiger partial charge in [-0.15, -0.1) is 0 Å². The molecular weight excluding hydrogens is 317 g/mol. The molecule has 1 heterocycles. The van der Waals surface area contributed by atoms with E-state index in [-0.39, 0.29) is 47.4 Å². The van der Waals surface area contributed by atoms with Gasteiger partial charge in [0.15, 0.2) is 0 Å². The molecule has 0 aliphatic carbocycles. The molecule has 16 heteroatoms. The molecule has 0 unspecified atom stereocenters. The normalized spacial score (nSPS) is 10.9. The third kappa shape index (κ3) is 13.9. The van der Waals surface area contributed by atoms with E-state index in [1.807, 2.05) is 0 Å². The van der Waals surface area contributed by atoms with Gasteiger partial charge in [0.25, 0.3) is 0 Å². The van der Waals surface area contributed by atoms with E-state index in [0.717, 1.165) is 0 Å². The molecule has 0 saturated heterocycles. The van der Waals surface area contributed by atoms with Crippen molar-refractivity contribution in [3.8, 4) is 0 Å². The van der Waals surface area contributed by atoms with Gasteiger partial charge in [-0.25, -0.2) is 9.13 Å². The van der Waals surface area contributed by atoms with E-state index < -0.39 is 15.6 Å². The van der Waals surface area contributed by atoms with Crippen molar-refractivity contribution in [2.45, 2.75) is 0 Å². The Morgan fingerprint density at radius 2 is 1.00 bits per heavy atom. The number of anilines is 3. The molecule has 0 radical (unpaired) electrons. The van der Waals surface area contributed by atoms with Gasteiger partial charge in [0, 0.05) is 0 Å². The summed E-state index contributed by atoms with van der Waals surface area (Å²) in [5, 5.41) is 0. The number of hydrogen-bond donors (Lipinski definition) is 7. The quantitative estimate of drug-likeness (QED) is 0.214. The monoisotopic (exact) mass is 328 g/mol. The van der Waals surface area contributed by atoms with Gasteiger partial charge in [-0.2, -0.15) is 19.3 Å². The van der Waals surface area contributed by atoms with Crippen molar-refractivity contribution in [3.05, 3.63) is 0 Å². The van der Waals surface area contributed by atoms with E-state index in [4.69, 9.17) is 36.8 Å². The molecule has 0 aliphatic rings. The van der Waals surface area contributed by atoms with Crippen molar-refractivity contribution in [2.24, 2.45) is 0 Å². The van der Waals surface area contributed by atoms with Crippen LogP contribution in [0.4, 0.5) is 17.8 Å². The van der Waals surface area contributed by atoms with E-state index in [9.17, 15) is 9.13 Å². The topological polar surface area (TPSA) is 241 Å². The number of aromatic nitrogens is 3. The van der Waals surface area contributed by atoms with E-state index in [2.05, 4.69) is 19.3 Å². The van der Waals surface area contributed by atoms with Crippen LogP contribution in [0, 0.1) is 0 Å². The van der Waals surface area contributed by atoms with E-state index >= 15 is 0 Å². The summed E-state index contributed by atoms with van der Waals surface area (Å²) in [5.74, 6) is 0.125. The zero-order valence-corrected chi connectivity index (χ0v) is 10.3. The van der Waals surface area contributed by atoms with Gasteiger partial charge in [-0.05, 0) is 0 Å². The Morgan fingerprint density at radius 1 is 0.789 bits per heavy atom. The first-order valence-electron chi connectivity index (χ1n) is 3.74. The molecule has 0 saturated carbocycles. The molecule has 1 aromatic rings. The molecule has 106 valence electrons. The zero-order chi connectivity index (χ0) is 14.6. The van der Waals surface area contributed by atoms with Crippen LogP contribution >= 0.6 is 15.6 Å². The Hall–Kier alpha value is -0.330. The summed E-state index contributed by atoms with van der Waals surface area (Å²) in [6, 6.07) is 0. The zero-order valence-electron chi connectivity index (χ0n) is 8.48. The van der Waals surface area contributed by atoms with Gasteiger partial charge in [0.2, 0.25) is 17.8 Å². The molecule has 1 aromatic heterocycles. The van der Waals surface area contributed by atoms with Gasteiger partial charge in [0.1, 0.15) is 0 Å². The predicted molar refractivity (Wildman–Crippen MR) is 65.4 cm³/mol. The van der Waals surface area contributed by atoms with Gasteiger partial charge in [-0.1, -0.05) is 0 Å². The van der Waals surface area contributed by atoms with Crippen molar-refractivity contribution >= 4 is 63.0 Å². The molecule has 1 rings (SSSR count). The van der Waals surface area contributed by atoms with Crippen LogP contribution in [0.15, 0.2) is 0 Å². The van der Waals surface area contributed by atoms with Crippen molar-refractivity contribution < 1.29 is 33.0 Å². The standard InChI is InChI=1S/C3H6N6.Na.H4O7P2.H/c4-1-7-2(5)9-3(6)8-1;;1-8(2,3)7-9(4,5)6;/h(H6,4,5,6,7,8,9);;(H2,1,2,3)(H2,4,5,6);. The predicted octanol–water partition coefficient (Wildman–Crippen LogP) is -2.84. The van der Waals surface area contributed by atoms with Gasteiger partial charge < -0.3 is 36.8 Å². The third-order valence-corrected chi connectivity index (χ3v) is 2.60. The molecule has 0 aromatic carbocycles. The van der Waals surface area contributed by atoms with Crippen LogP contribution in [0.1, 0.15) is 0 Å². The second-order valence-corrected chi connectivity index (χ2v) is 5.09. The van der Waals surface area contributed by atoms with Crippen LogP contribution in [-0.2, 0) is 13.4 Å². The van der Waals surface area contributed by atoms with E-state index in [1.54, 1.807) is 0 Å². The van der Waals surface area contributed by atoms with E-state index in [0.29, 0.717) is 0 Å². The van der Waals surface area contributed by atoms with Gasteiger partial charge >= 0.3 is 45.2 Å². The average molecular weight is 328 g/mol. The number of phosphoric acid groups is 2. The summed E-state index contributed by atoms with van der Waals surface area (Å²) < 4.78 is 22.2. The molecule has 19 heavy (non-hydrogen) atoms. The van der Waals surface area contributed by atoms with Crippen molar-refractivity contribution in [1.82, 2.24) is 15.0 Å². The second kappa shape index (κ2) is 8.07. The van der Waals surface area contributed by atoms with Crippen LogP contribution in [0.25, 0.3) is 0 Å². The summed E-state index contributed by atoms with van der Waals surface area (Å²) >= 11 is 0. The molecule has 0 fully saturated rings. The van der Waals surface area contributed by atoms with Crippen LogP contribution in [0.2, 0.25) is 0 Å². The van der Waals surface area contributed by atoms with Crippen LogP contribution in [0.5, 0.6) is 0 Å². The first-order valence-corrected chi connectivity index (χ1v) is 6.80. The molecule has 0 amide bonds. The second-order valence-electron chi connectivity index (χ2n) is 2.47. The number of rotatable bonds is 2. The van der Waals surface area contributed by atoms with Gasteiger partial charge in [0.05, 0.1) is 0 Å². The Morgan fingerprint density at radius 3 is 1.11 bits per heavy atom. The Kier molecular flexibility index (Phi) is 8.91. The summed E-state index contributed by atoms with van der Waals surface area (Å²) in [4.78, 5) is 41.5. The SMILES string of the molecule is Nc1nc(N)nc(N)n1.O=P(O)(O)OP(=O)(O)O.[NaH]. The minimum absolute atomic E-state index is 0. The van der Waals surface area contributed by atoms with Crippen LogP contribution in [0.3, 0.4) is 0 Å². The van der Waals surface area contributed by atoms with Crippen LogP contribution in [-0.4, -0.2) is 64.1 Å². The number of nitrogens with zero attached hydrogens (tertiary/aromatic N) is 3. The maximum atomic E-state index is 9.63. The molecular formula is C3H11N6NaO7P2. The summed E-state index contributed by atoms with van der Waals surface area (Å²) in [5.41, 5.74) is 15.4. The fraction of sp³-hybridized carbons (Fsp3) is 0. The van der Waals surface area contributed by atoms with Gasteiger partial charge in [-0.3, -0.25) is 0 Å². The Labute approximate surface area is 128 Å². The Balaban J connectivity index is 0. The van der Waals surface area contributed by atoms with E-state index in [1.165, 1.54) is 0 Å². The molecule has 0 aliphatic heterocycles. The number of nitrogen functional groups attached to an aromatic ring is 3. The maximum absolute atomic E-state index is 9.63. The van der Waals surface area contributed by atoms with Crippen molar-refractivity contribution in [2.75, 3.05) is 17.2 Å². The van der Waals surface area contributed by atoms with Crippen LogP contribution < -0.4 is 17.2 Å². The van der Waals surface area contributed by atoms with Crippen molar-refractivity contribution in [1.29, 1.82) is 0 Å². The fourth-order valence-corrected chi connectivity index (χ4v) is 1.67. The number of nitrogens with two attached hydrogens (primary N) is 3.